The first-order valence-electron chi connectivity index (χ1n) is 10.2. The number of halogens is 1. The summed E-state index contributed by atoms with van der Waals surface area (Å²) in [6, 6.07) is 6.75. The fourth-order valence-electron chi connectivity index (χ4n) is 4.60. The van der Waals surface area contributed by atoms with E-state index in [9.17, 15) is 9.18 Å². The highest BCUT2D eigenvalue weighted by Crippen LogP contribution is 2.28. The number of aromatic nitrogens is 3. The van der Waals surface area contributed by atoms with Crippen LogP contribution in [0.2, 0.25) is 0 Å². The van der Waals surface area contributed by atoms with Crippen LogP contribution in [0.5, 0.6) is 0 Å². The van der Waals surface area contributed by atoms with Crippen molar-refractivity contribution in [3.63, 3.8) is 0 Å². The van der Waals surface area contributed by atoms with Gasteiger partial charge >= 0.3 is 0 Å². The van der Waals surface area contributed by atoms with Crippen LogP contribution in [0.15, 0.2) is 30.6 Å². The lowest BCUT2D eigenvalue weighted by molar-refractivity contribution is -0.138. The summed E-state index contributed by atoms with van der Waals surface area (Å²) in [6.45, 7) is 3.96. The zero-order valence-electron chi connectivity index (χ0n) is 16.4. The van der Waals surface area contributed by atoms with Gasteiger partial charge in [0, 0.05) is 39.1 Å². The molecule has 2 saturated heterocycles. The molecule has 4 rings (SSSR count). The normalized spacial score (nSPS) is 23.7. The molecule has 2 unspecified atom stereocenters. The van der Waals surface area contributed by atoms with Gasteiger partial charge in [-0.2, -0.15) is 0 Å². The van der Waals surface area contributed by atoms with E-state index in [1.54, 1.807) is 18.5 Å². The van der Waals surface area contributed by atoms with Gasteiger partial charge in [0.1, 0.15) is 18.0 Å². The van der Waals surface area contributed by atoms with E-state index < -0.39 is 0 Å². The average Bonchev–Trinajstić information content (AvgIpc) is 3.14. The third kappa shape index (κ3) is 4.24. The Bertz CT molecular complexity index is 823. The van der Waals surface area contributed by atoms with Crippen LogP contribution in [0.25, 0.3) is 0 Å². The number of carbonyl (C=O) groups is 1. The fourth-order valence-corrected chi connectivity index (χ4v) is 4.60. The lowest BCUT2D eigenvalue weighted by atomic mass is 9.92. The zero-order chi connectivity index (χ0) is 19.5. The third-order valence-electron chi connectivity index (χ3n) is 5.99. The topological polar surface area (TPSA) is 54.3 Å². The zero-order valence-corrected chi connectivity index (χ0v) is 16.4. The molecule has 6 nitrogen and oxygen atoms in total. The minimum atomic E-state index is -0.203. The Hall–Kier alpha value is -2.28. The third-order valence-corrected chi connectivity index (χ3v) is 5.99. The molecule has 2 fully saturated rings. The summed E-state index contributed by atoms with van der Waals surface area (Å²) in [5, 5.41) is 8.24. The Morgan fingerprint density at radius 2 is 2.07 bits per heavy atom. The van der Waals surface area contributed by atoms with Crippen LogP contribution in [0.4, 0.5) is 4.39 Å². The van der Waals surface area contributed by atoms with E-state index in [4.69, 9.17) is 0 Å². The van der Waals surface area contributed by atoms with Crippen molar-refractivity contribution in [3.8, 4) is 0 Å². The highest BCUT2D eigenvalue weighted by atomic mass is 19.1. The number of hydrogen-bond acceptors (Lipinski definition) is 4. The van der Waals surface area contributed by atoms with Crippen LogP contribution in [0, 0.1) is 11.7 Å². The molecule has 1 aromatic heterocycles. The Kier molecular flexibility index (Phi) is 5.71. The minimum absolute atomic E-state index is 0.0283. The summed E-state index contributed by atoms with van der Waals surface area (Å²) in [5.41, 5.74) is 0.966. The van der Waals surface area contributed by atoms with Crippen molar-refractivity contribution in [3.05, 3.63) is 47.8 Å². The number of aryl methyl sites for hydroxylation is 1. The SMILES string of the molecule is Cn1cnnc1C1CCCN(C(=O)C2CCCN(Cc3cccc(F)c3)C2)C1. The Morgan fingerprint density at radius 3 is 2.86 bits per heavy atom. The molecule has 7 heteroatoms. The van der Waals surface area contributed by atoms with Crippen molar-refractivity contribution in [2.75, 3.05) is 26.2 Å². The monoisotopic (exact) mass is 385 g/mol. The summed E-state index contributed by atoms with van der Waals surface area (Å²) < 4.78 is 15.4. The predicted octanol–water partition coefficient (Wildman–Crippen LogP) is 2.57. The fraction of sp³-hybridized carbons (Fsp3) is 0.571. The van der Waals surface area contributed by atoms with Gasteiger partial charge in [-0.25, -0.2) is 4.39 Å². The second kappa shape index (κ2) is 8.39. The van der Waals surface area contributed by atoms with E-state index in [-0.39, 0.29) is 23.6 Å². The van der Waals surface area contributed by atoms with Crippen molar-refractivity contribution >= 4 is 5.91 Å². The first-order valence-corrected chi connectivity index (χ1v) is 10.2. The first kappa shape index (κ1) is 19.1. The van der Waals surface area contributed by atoms with Gasteiger partial charge in [0.05, 0.1) is 5.92 Å². The standard InChI is InChI=1S/C21H28FN5O/c1-25-15-23-24-20(25)17-6-4-10-27(14-17)21(28)18-7-3-9-26(13-18)12-16-5-2-8-19(22)11-16/h2,5,8,11,15,17-18H,3-4,6-7,9-10,12-14H2,1H3. The minimum Gasteiger partial charge on any atom is -0.342 e. The van der Waals surface area contributed by atoms with Gasteiger partial charge in [0.2, 0.25) is 5.91 Å². The van der Waals surface area contributed by atoms with Gasteiger partial charge < -0.3 is 9.47 Å². The Morgan fingerprint density at radius 1 is 1.21 bits per heavy atom. The average molecular weight is 385 g/mol. The van der Waals surface area contributed by atoms with Crippen LogP contribution < -0.4 is 0 Å². The van der Waals surface area contributed by atoms with Gasteiger partial charge in [0.25, 0.3) is 0 Å². The largest absolute Gasteiger partial charge is 0.342 e. The summed E-state index contributed by atoms with van der Waals surface area (Å²) in [7, 11) is 1.96. The lowest BCUT2D eigenvalue weighted by Crippen LogP contribution is -2.47. The molecule has 1 amide bonds. The van der Waals surface area contributed by atoms with E-state index in [0.717, 1.165) is 63.3 Å². The molecule has 2 aliphatic heterocycles. The molecule has 0 aliphatic carbocycles. The molecule has 150 valence electrons. The van der Waals surface area contributed by atoms with Crippen LogP contribution in [0.1, 0.15) is 43.0 Å². The van der Waals surface area contributed by atoms with Gasteiger partial charge in [0.15, 0.2) is 0 Å². The second-order valence-electron chi connectivity index (χ2n) is 8.13. The van der Waals surface area contributed by atoms with E-state index in [1.165, 1.54) is 6.07 Å². The van der Waals surface area contributed by atoms with Gasteiger partial charge in [-0.15, -0.1) is 10.2 Å². The number of piperidine rings is 2. The number of nitrogens with zero attached hydrogens (tertiary/aromatic N) is 5. The number of carbonyl (C=O) groups excluding carboxylic acids is 1. The van der Waals surface area contributed by atoms with Crippen molar-refractivity contribution in [1.82, 2.24) is 24.6 Å². The molecule has 3 heterocycles. The van der Waals surface area contributed by atoms with Gasteiger partial charge in [-0.05, 0) is 49.9 Å². The van der Waals surface area contributed by atoms with Crippen LogP contribution in [-0.4, -0.2) is 56.7 Å². The van der Waals surface area contributed by atoms with Gasteiger partial charge in [-0.1, -0.05) is 12.1 Å². The highest BCUT2D eigenvalue weighted by molar-refractivity contribution is 5.79. The van der Waals surface area contributed by atoms with Crippen LogP contribution >= 0.6 is 0 Å². The quantitative estimate of drug-likeness (QED) is 0.812. The highest BCUT2D eigenvalue weighted by Gasteiger charge is 2.33. The molecule has 2 atom stereocenters. The number of amides is 1. The molecule has 2 aromatic rings. The predicted molar refractivity (Wildman–Crippen MR) is 104 cm³/mol. The van der Waals surface area contributed by atoms with E-state index in [1.807, 2.05) is 22.6 Å². The van der Waals surface area contributed by atoms with Crippen LogP contribution in [0.3, 0.4) is 0 Å². The molecule has 2 aliphatic rings. The molecule has 1 aromatic carbocycles. The van der Waals surface area contributed by atoms with Crippen molar-refractivity contribution in [1.29, 1.82) is 0 Å². The van der Waals surface area contributed by atoms with Gasteiger partial charge in [-0.3, -0.25) is 9.69 Å². The summed E-state index contributed by atoms with van der Waals surface area (Å²) in [6.07, 6.45) is 5.72. The Labute approximate surface area is 165 Å². The van der Waals surface area contributed by atoms with E-state index in [0.29, 0.717) is 6.54 Å². The maximum Gasteiger partial charge on any atom is 0.226 e. The molecule has 28 heavy (non-hydrogen) atoms. The number of likely N-dealkylation sites (tertiary alicyclic amines) is 2. The molecule has 0 spiro atoms. The summed E-state index contributed by atoms with van der Waals surface area (Å²) in [5.74, 6) is 1.31. The van der Waals surface area contributed by atoms with Crippen molar-refractivity contribution in [2.24, 2.45) is 13.0 Å². The molecular formula is C21H28FN5O. The number of rotatable bonds is 4. The first-order chi connectivity index (χ1) is 13.6. The molecule has 0 bridgehead atoms. The Balaban J connectivity index is 1.37. The van der Waals surface area contributed by atoms with E-state index in [2.05, 4.69) is 15.1 Å². The van der Waals surface area contributed by atoms with Crippen molar-refractivity contribution in [2.45, 2.75) is 38.1 Å². The number of hydrogen-bond donors (Lipinski definition) is 0. The molecule has 0 saturated carbocycles. The summed E-state index contributed by atoms with van der Waals surface area (Å²) in [4.78, 5) is 17.5. The summed E-state index contributed by atoms with van der Waals surface area (Å²) >= 11 is 0. The lowest BCUT2D eigenvalue weighted by Gasteiger charge is -2.38. The molecule has 0 N–H and O–H groups in total. The van der Waals surface area contributed by atoms with E-state index >= 15 is 0 Å². The number of benzene rings is 1. The molecule has 0 radical (unpaired) electrons. The smallest absolute Gasteiger partial charge is 0.226 e. The van der Waals surface area contributed by atoms with Crippen molar-refractivity contribution < 1.29 is 9.18 Å². The maximum atomic E-state index is 13.5. The van der Waals surface area contributed by atoms with Crippen LogP contribution in [-0.2, 0) is 18.4 Å². The second-order valence-corrected chi connectivity index (χ2v) is 8.13. The maximum absolute atomic E-state index is 13.5. The molecular weight excluding hydrogens is 357 g/mol.